The highest BCUT2D eigenvalue weighted by molar-refractivity contribution is 5.78. The molecular formula is C21H24N4O. The molecule has 2 aliphatic heterocycles. The third kappa shape index (κ3) is 2.81. The van der Waals surface area contributed by atoms with Gasteiger partial charge in [-0.2, -0.15) is 0 Å². The maximum Gasteiger partial charge on any atom is 0.0855 e. The molecule has 2 aliphatic rings. The van der Waals surface area contributed by atoms with Crippen molar-refractivity contribution in [2.75, 3.05) is 0 Å². The second-order valence-corrected chi connectivity index (χ2v) is 7.92. The Hall–Kier alpha value is -2.24. The molecule has 3 aromatic rings. The van der Waals surface area contributed by atoms with Gasteiger partial charge in [-0.15, -0.1) is 0 Å². The minimum atomic E-state index is -0.637. The summed E-state index contributed by atoms with van der Waals surface area (Å²) in [5.41, 5.74) is 1.78. The van der Waals surface area contributed by atoms with Gasteiger partial charge in [0.1, 0.15) is 0 Å². The summed E-state index contributed by atoms with van der Waals surface area (Å²) in [5.74, 6) is 0. The number of pyridine rings is 2. The first-order valence-corrected chi connectivity index (χ1v) is 9.46. The summed E-state index contributed by atoms with van der Waals surface area (Å²) < 4.78 is 2.17. The molecule has 2 fully saturated rings. The summed E-state index contributed by atoms with van der Waals surface area (Å²) in [4.78, 5) is 11.0. The summed E-state index contributed by atoms with van der Waals surface area (Å²) in [6.07, 6.45) is 13.6. The molecule has 5 nitrogen and oxygen atoms in total. The fraction of sp³-hybridized carbons (Fsp3) is 0.429. The molecule has 26 heavy (non-hydrogen) atoms. The van der Waals surface area contributed by atoms with Crippen molar-refractivity contribution in [3.8, 4) is 0 Å². The van der Waals surface area contributed by atoms with Crippen molar-refractivity contribution in [1.82, 2.24) is 19.4 Å². The quantitative estimate of drug-likeness (QED) is 0.787. The predicted octanol–water partition coefficient (Wildman–Crippen LogP) is 2.99. The first-order valence-electron chi connectivity index (χ1n) is 9.46. The van der Waals surface area contributed by atoms with E-state index in [1.807, 2.05) is 30.9 Å². The zero-order chi connectivity index (χ0) is 17.6. The fourth-order valence-electron chi connectivity index (χ4n) is 4.98. The van der Waals surface area contributed by atoms with Crippen LogP contribution in [0, 0.1) is 0 Å². The third-order valence-electron chi connectivity index (χ3n) is 6.16. The normalized spacial score (nSPS) is 28.7. The molecule has 0 saturated carbocycles. The minimum absolute atomic E-state index is 0.465. The smallest absolute Gasteiger partial charge is 0.0855 e. The summed E-state index contributed by atoms with van der Waals surface area (Å²) >= 11 is 0. The Morgan fingerprint density at radius 3 is 2.50 bits per heavy atom. The van der Waals surface area contributed by atoms with E-state index in [-0.39, 0.29) is 0 Å². The van der Waals surface area contributed by atoms with Crippen molar-refractivity contribution >= 4 is 10.9 Å². The average Bonchev–Trinajstić information content (AvgIpc) is 3.15. The summed E-state index contributed by atoms with van der Waals surface area (Å²) in [7, 11) is 0. The van der Waals surface area contributed by atoms with Crippen molar-refractivity contribution in [3.05, 3.63) is 60.8 Å². The first-order chi connectivity index (χ1) is 12.7. The number of nitrogens with zero attached hydrogens (tertiary/aromatic N) is 4. The summed E-state index contributed by atoms with van der Waals surface area (Å²) in [6, 6.07) is 9.25. The molecular weight excluding hydrogens is 324 g/mol. The van der Waals surface area contributed by atoms with Gasteiger partial charge in [-0.1, -0.05) is 0 Å². The molecule has 3 aromatic heterocycles. The Labute approximate surface area is 153 Å². The largest absolute Gasteiger partial charge is 0.388 e. The standard InChI is InChI=1S/C21H24N4O/c26-21(15-24-10-6-17-5-9-23-13-20(17)24)11-18-1-2-19(12-21)25(18)14-16-3-7-22-8-4-16/h3-10,13,18-19,26H,1-2,11-12,14-15H2/t18-,19-/m1/s1. The van der Waals surface area contributed by atoms with Crippen LogP contribution in [0.1, 0.15) is 31.2 Å². The van der Waals surface area contributed by atoms with Crippen molar-refractivity contribution in [2.24, 2.45) is 0 Å². The average molecular weight is 348 g/mol. The van der Waals surface area contributed by atoms with Crippen molar-refractivity contribution in [2.45, 2.75) is 56.5 Å². The lowest BCUT2D eigenvalue weighted by molar-refractivity contribution is -0.0644. The van der Waals surface area contributed by atoms with Crippen molar-refractivity contribution in [3.63, 3.8) is 0 Å². The van der Waals surface area contributed by atoms with Crippen LogP contribution in [0.5, 0.6) is 0 Å². The molecule has 5 heteroatoms. The van der Waals surface area contributed by atoms with Crippen LogP contribution >= 0.6 is 0 Å². The SMILES string of the molecule is OC1(Cn2ccc3ccncc32)C[C@H]2CC[C@H](C1)N2Cc1ccncc1. The Morgan fingerprint density at radius 1 is 1.00 bits per heavy atom. The zero-order valence-corrected chi connectivity index (χ0v) is 14.8. The Bertz CT molecular complexity index is 893. The second-order valence-electron chi connectivity index (χ2n) is 7.92. The minimum Gasteiger partial charge on any atom is -0.388 e. The topological polar surface area (TPSA) is 54.2 Å². The Balaban J connectivity index is 1.35. The van der Waals surface area contributed by atoms with Gasteiger partial charge in [-0.3, -0.25) is 14.9 Å². The number of rotatable bonds is 4. The fourth-order valence-corrected chi connectivity index (χ4v) is 4.98. The van der Waals surface area contributed by atoms with Crippen LogP contribution in [0.25, 0.3) is 10.9 Å². The van der Waals surface area contributed by atoms with E-state index >= 15 is 0 Å². The van der Waals surface area contributed by atoms with E-state index in [1.54, 1.807) is 0 Å². The van der Waals surface area contributed by atoms with E-state index in [4.69, 9.17) is 0 Å². The monoisotopic (exact) mass is 348 g/mol. The number of fused-ring (bicyclic) bond motifs is 3. The van der Waals surface area contributed by atoms with Gasteiger partial charge < -0.3 is 9.67 Å². The van der Waals surface area contributed by atoms with Gasteiger partial charge in [0.25, 0.3) is 0 Å². The zero-order valence-electron chi connectivity index (χ0n) is 14.8. The van der Waals surface area contributed by atoms with Crippen molar-refractivity contribution in [1.29, 1.82) is 0 Å². The molecule has 0 radical (unpaired) electrons. The molecule has 1 N–H and O–H groups in total. The van der Waals surface area contributed by atoms with Gasteiger partial charge >= 0.3 is 0 Å². The van der Waals surface area contributed by atoms with E-state index in [0.29, 0.717) is 18.6 Å². The van der Waals surface area contributed by atoms with E-state index in [9.17, 15) is 5.11 Å². The van der Waals surface area contributed by atoms with E-state index < -0.39 is 5.60 Å². The molecule has 2 bridgehead atoms. The van der Waals surface area contributed by atoms with Crippen LogP contribution in [0.4, 0.5) is 0 Å². The van der Waals surface area contributed by atoms with Crippen LogP contribution in [-0.4, -0.2) is 42.2 Å². The molecule has 2 saturated heterocycles. The number of hydrogen-bond acceptors (Lipinski definition) is 4. The Morgan fingerprint density at radius 2 is 1.73 bits per heavy atom. The number of aromatic nitrogens is 3. The van der Waals surface area contributed by atoms with Crippen LogP contribution in [-0.2, 0) is 13.1 Å². The van der Waals surface area contributed by atoms with Gasteiger partial charge in [-0.25, -0.2) is 0 Å². The highest BCUT2D eigenvalue weighted by Gasteiger charge is 2.47. The van der Waals surface area contributed by atoms with E-state index in [0.717, 1.165) is 24.9 Å². The van der Waals surface area contributed by atoms with Crippen LogP contribution in [0.15, 0.2) is 55.2 Å². The molecule has 5 rings (SSSR count). The molecule has 0 aromatic carbocycles. The molecule has 134 valence electrons. The van der Waals surface area contributed by atoms with Gasteiger partial charge in [0, 0.05) is 48.8 Å². The number of hydrogen-bond donors (Lipinski definition) is 1. The molecule has 0 spiro atoms. The lowest BCUT2D eigenvalue weighted by Gasteiger charge is -2.44. The highest BCUT2D eigenvalue weighted by Crippen LogP contribution is 2.42. The Kier molecular flexibility index (Phi) is 3.80. The summed E-state index contributed by atoms with van der Waals surface area (Å²) in [5, 5.41) is 12.6. The number of piperidine rings is 1. The maximum atomic E-state index is 11.4. The molecule has 2 atom stereocenters. The lowest BCUT2D eigenvalue weighted by Crippen LogP contribution is -2.52. The van der Waals surface area contributed by atoms with Gasteiger partial charge in [0.05, 0.1) is 23.9 Å². The van der Waals surface area contributed by atoms with Gasteiger partial charge in [0.2, 0.25) is 0 Å². The van der Waals surface area contributed by atoms with E-state index in [1.165, 1.54) is 23.8 Å². The first kappa shape index (κ1) is 16.0. The van der Waals surface area contributed by atoms with Gasteiger partial charge in [0.15, 0.2) is 0 Å². The van der Waals surface area contributed by atoms with Crippen LogP contribution < -0.4 is 0 Å². The molecule has 0 unspecified atom stereocenters. The van der Waals surface area contributed by atoms with Gasteiger partial charge in [-0.05, 0) is 55.5 Å². The third-order valence-corrected chi connectivity index (χ3v) is 6.16. The molecule has 0 aliphatic carbocycles. The van der Waals surface area contributed by atoms with Crippen LogP contribution in [0.3, 0.4) is 0 Å². The van der Waals surface area contributed by atoms with E-state index in [2.05, 4.69) is 43.8 Å². The van der Waals surface area contributed by atoms with Crippen molar-refractivity contribution < 1.29 is 5.11 Å². The molecule has 0 amide bonds. The number of aliphatic hydroxyl groups is 1. The molecule has 5 heterocycles. The highest BCUT2D eigenvalue weighted by atomic mass is 16.3. The maximum absolute atomic E-state index is 11.4. The van der Waals surface area contributed by atoms with Crippen LogP contribution in [0.2, 0.25) is 0 Å². The summed E-state index contributed by atoms with van der Waals surface area (Å²) in [6.45, 7) is 1.61. The predicted molar refractivity (Wildman–Crippen MR) is 101 cm³/mol. The lowest BCUT2D eigenvalue weighted by atomic mass is 9.85. The second kappa shape index (κ2) is 6.18.